The first-order valence-electron chi connectivity index (χ1n) is 18.2. The number of likely N-dealkylation sites (N-methyl/N-ethyl adjacent to an activating group) is 1. The maximum atomic E-state index is 10.9. The lowest BCUT2D eigenvalue weighted by Crippen LogP contribution is -2.44. The van der Waals surface area contributed by atoms with Crippen LogP contribution in [-0.2, 0) is 0 Å². The van der Waals surface area contributed by atoms with E-state index in [1.165, 1.54) is 116 Å². The highest BCUT2D eigenvalue weighted by Gasteiger charge is 2.17. The minimum atomic E-state index is -0.311. The van der Waals surface area contributed by atoms with Crippen LogP contribution in [0.1, 0.15) is 155 Å². The Kier molecular flexibility index (Phi) is 32.5. The normalized spacial score (nSPS) is 13.5. The molecule has 0 amide bonds. The molecule has 0 spiro atoms. The van der Waals surface area contributed by atoms with Crippen LogP contribution in [0.3, 0.4) is 0 Å². The van der Waals surface area contributed by atoms with Crippen LogP contribution in [0.15, 0.2) is 0 Å². The predicted molar refractivity (Wildman–Crippen MR) is 181 cm³/mol. The van der Waals surface area contributed by atoms with Crippen LogP contribution in [0, 0.1) is 0 Å². The van der Waals surface area contributed by atoms with Crippen molar-refractivity contribution in [2.24, 2.45) is 5.73 Å². The minimum absolute atomic E-state index is 0.311. The molecule has 6 heteroatoms. The van der Waals surface area contributed by atoms with Crippen molar-refractivity contribution < 1.29 is 10.2 Å². The largest absolute Gasteiger partial charge is 0.392 e. The van der Waals surface area contributed by atoms with Crippen LogP contribution in [0.2, 0.25) is 0 Å². The van der Waals surface area contributed by atoms with E-state index in [9.17, 15) is 10.2 Å². The zero-order valence-corrected chi connectivity index (χ0v) is 28.2. The zero-order chi connectivity index (χ0) is 30.2. The molecule has 0 aromatic carbocycles. The SMILES string of the molecule is CCCCCCCCCCCCC(O)CN(CCN(CCN)CCNC)CC(O)CCCCCCCCCCCC. The molecular formula is C35H76N4O2. The summed E-state index contributed by atoms with van der Waals surface area (Å²) in [5.74, 6) is 0. The summed E-state index contributed by atoms with van der Waals surface area (Å²) >= 11 is 0. The maximum absolute atomic E-state index is 10.9. The summed E-state index contributed by atoms with van der Waals surface area (Å²) in [7, 11) is 1.99. The average molecular weight is 585 g/mol. The molecular weight excluding hydrogens is 508 g/mol. The molecule has 2 atom stereocenters. The Morgan fingerprint density at radius 3 is 1.24 bits per heavy atom. The number of hydrogen-bond acceptors (Lipinski definition) is 6. The Labute approximate surface area is 257 Å². The van der Waals surface area contributed by atoms with E-state index in [0.29, 0.717) is 19.6 Å². The Morgan fingerprint density at radius 2 is 0.878 bits per heavy atom. The van der Waals surface area contributed by atoms with Crippen molar-refractivity contribution in [2.45, 2.75) is 167 Å². The van der Waals surface area contributed by atoms with Crippen molar-refractivity contribution in [2.75, 3.05) is 59.4 Å². The second-order valence-electron chi connectivity index (χ2n) is 12.7. The van der Waals surface area contributed by atoms with Crippen LogP contribution in [0.5, 0.6) is 0 Å². The fourth-order valence-electron chi connectivity index (χ4n) is 5.84. The molecule has 5 N–H and O–H groups in total. The van der Waals surface area contributed by atoms with Gasteiger partial charge < -0.3 is 21.3 Å². The molecule has 0 aliphatic heterocycles. The highest BCUT2D eigenvalue weighted by Crippen LogP contribution is 2.14. The summed E-state index contributed by atoms with van der Waals surface area (Å²) in [6, 6.07) is 0. The van der Waals surface area contributed by atoms with E-state index >= 15 is 0 Å². The zero-order valence-electron chi connectivity index (χ0n) is 28.2. The number of unbranched alkanes of at least 4 members (excludes halogenated alkanes) is 18. The first-order chi connectivity index (χ1) is 20.1. The first-order valence-corrected chi connectivity index (χ1v) is 18.2. The lowest BCUT2D eigenvalue weighted by atomic mass is 10.0. The lowest BCUT2D eigenvalue weighted by Gasteiger charge is -2.30. The number of nitrogens with two attached hydrogens (primary N) is 1. The molecule has 0 radical (unpaired) electrons. The topological polar surface area (TPSA) is 85.0 Å². The van der Waals surface area contributed by atoms with Crippen LogP contribution in [0.4, 0.5) is 0 Å². The average Bonchev–Trinajstić information content (AvgIpc) is 2.96. The number of rotatable bonds is 34. The molecule has 2 unspecified atom stereocenters. The Bertz CT molecular complexity index is 465. The molecule has 0 saturated heterocycles. The van der Waals surface area contributed by atoms with Crippen LogP contribution < -0.4 is 11.1 Å². The standard InChI is InChI=1S/C35H76N4O2/c1-4-6-8-10-12-14-16-18-20-22-24-34(40)32-39(31-30-38(28-26-36)29-27-37-3)33-35(41)25-23-21-19-17-15-13-11-9-7-5-2/h34-35,37,40-41H,4-33,36H2,1-3H3. The summed E-state index contributed by atoms with van der Waals surface area (Å²) < 4.78 is 0. The molecule has 6 nitrogen and oxygen atoms in total. The third kappa shape index (κ3) is 29.6. The van der Waals surface area contributed by atoms with Crippen molar-refractivity contribution in [3.8, 4) is 0 Å². The van der Waals surface area contributed by atoms with E-state index < -0.39 is 0 Å². The number of aliphatic hydroxyl groups excluding tert-OH is 2. The van der Waals surface area contributed by atoms with E-state index in [2.05, 4.69) is 29.0 Å². The van der Waals surface area contributed by atoms with Crippen molar-refractivity contribution in [3.05, 3.63) is 0 Å². The quantitative estimate of drug-likeness (QED) is 0.0603. The van der Waals surface area contributed by atoms with E-state index in [1.54, 1.807) is 0 Å². The molecule has 0 saturated carbocycles. The minimum Gasteiger partial charge on any atom is -0.392 e. The van der Waals surface area contributed by atoms with Gasteiger partial charge in [-0.3, -0.25) is 9.80 Å². The molecule has 0 fully saturated rings. The van der Waals surface area contributed by atoms with Gasteiger partial charge in [0.05, 0.1) is 12.2 Å². The number of aliphatic hydroxyl groups is 2. The fraction of sp³-hybridized carbons (Fsp3) is 1.00. The van der Waals surface area contributed by atoms with E-state index in [1.807, 2.05) is 7.05 Å². The van der Waals surface area contributed by atoms with Crippen molar-refractivity contribution in [1.29, 1.82) is 0 Å². The predicted octanol–water partition coefficient (Wildman–Crippen LogP) is 7.11. The van der Waals surface area contributed by atoms with Gasteiger partial charge in [0.2, 0.25) is 0 Å². The third-order valence-electron chi connectivity index (χ3n) is 8.58. The van der Waals surface area contributed by atoms with E-state index in [0.717, 1.165) is 58.4 Å². The number of nitrogens with zero attached hydrogens (tertiary/aromatic N) is 2. The molecule has 0 aliphatic rings. The van der Waals surface area contributed by atoms with Crippen molar-refractivity contribution in [3.63, 3.8) is 0 Å². The van der Waals surface area contributed by atoms with Crippen molar-refractivity contribution in [1.82, 2.24) is 15.1 Å². The number of hydrogen-bond donors (Lipinski definition) is 4. The highest BCUT2D eigenvalue weighted by atomic mass is 16.3. The van der Waals surface area contributed by atoms with Gasteiger partial charge in [-0.05, 0) is 19.9 Å². The second kappa shape index (κ2) is 32.7. The molecule has 0 heterocycles. The van der Waals surface area contributed by atoms with Gasteiger partial charge in [-0.2, -0.15) is 0 Å². The van der Waals surface area contributed by atoms with Gasteiger partial charge in [-0.1, -0.05) is 142 Å². The summed E-state index contributed by atoms with van der Waals surface area (Å²) in [5.41, 5.74) is 5.86. The maximum Gasteiger partial charge on any atom is 0.0667 e. The van der Waals surface area contributed by atoms with Gasteiger partial charge in [0, 0.05) is 52.4 Å². The number of nitrogens with one attached hydrogen (secondary N) is 1. The molecule has 248 valence electrons. The Morgan fingerprint density at radius 1 is 0.512 bits per heavy atom. The molecule has 0 rings (SSSR count). The Hall–Kier alpha value is -0.240. The van der Waals surface area contributed by atoms with Gasteiger partial charge >= 0.3 is 0 Å². The summed E-state index contributed by atoms with van der Waals surface area (Å²) in [5, 5.41) is 25.0. The lowest BCUT2D eigenvalue weighted by molar-refractivity contribution is 0.0551. The van der Waals surface area contributed by atoms with Gasteiger partial charge in [-0.25, -0.2) is 0 Å². The molecule has 0 aromatic rings. The third-order valence-corrected chi connectivity index (χ3v) is 8.58. The smallest absolute Gasteiger partial charge is 0.0667 e. The molecule has 41 heavy (non-hydrogen) atoms. The van der Waals surface area contributed by atoms with Gasteiger partial charge in [0.25, 0.3) is 0 Å². The summed E-state index contributed by atoms with van der Waals surface area (Å²) in [6.45, 7) is 11.1. The van der Waals surface area contributed by atoms with E-state index in [-0.39, 0.29) is 12.2 Å². The molecule has 0 bridgehead atoms. The van der Waals surface area contributed by atoms with Gasteiger partial charge in [-0.15, -0.1) is 0 Å². The highest BCUT2D eigenvalue weighted by molar-refractivity contribution is 4.72. The summed E-state index contributed by atoms with van der Waals surface area (Å²) in [4.78, 5) is 4.71. The fourth-order valence-corrected chi connectivity index (χ4v) is 5.84. The Balaban J connectivity index is 4.36. The molecule has 0 aliphatic carbocycles. The van der Waals surface area contributed by atoms with Crippen LogP contribution in [0.25, 0.3) is 0 Å². The van der Waals surface area contributed by atoms with Crippen LogP contribution >= 0.6 is 0 Å². The molecule has 0 aromatic heterocycles. The van der Waals surface area contributed by atoms with Gasteiger partial charge in [0.15, 0.2) is 0 Å². The summed E-state index contributed by atoms with van der Waals surface area (Å²) in [6.07, 6.45) is 27.5. The first kappa shape index (κ1) is 40.8. The van der Waals surface area contributed by atoms with Crippen LogP contribution in [-0.4, -0.2) is 91.6 Å². The van der Waals surface area contributed by atoms with Crippen molar-refractivity contribution >= 4 is 0 Å². The van der Waals surface area contributed by atoms with E-state index in [4.69, 9.17) is 5.73 Å². The monoisotopic (exact) mass is 585 g/mol. The van der Waals surface area contributed by atoms with Gasteiger partial charge in [0.1, 0.15) is 0 Å². The second-order valence-corrected chi connectivity index (χ2v) is 12.7.